The Morgan fingerprint density at radius 3 is 2.54 bits per heavy atom. The maximum Gasteiger partial charge on any atom is 0.252 e. The van der Waals surface area contributed by atoms with Gasteiger partial charge in [-0.3, -0.25) is 24.6 Å². The van der Waals surface area contributed by atoms with Crippen molar-refractivity contribution in [2.24, 2.45) is 5.73 Å². The summed E-state index contributed by atoms with van der Waals surface area (Å²) in [6.07, 6.45) is 0.883. The monoisotopic (exact) mass is 499 g/mol. The predicted molar refractivity (Wildman–Crippen MR) is 137 cm³/mol. The van der Waals surface area contributed by atoms with E-state index in [0.717, 1.165) is 28.3 Å². The van der Waals surface area contributed by atoms with Crippen molar-refractivity contribution in [2.75, 3.05) is 7.05 Å². The van der Waals surface area contributed by atoms with E-state index in [0.29, 0.717) is 37.1 Å². The molecule has 7 nitrogen and oxygen atoms in total. The average molecular weight is 500 g/mol. The summed E-state index contributed by atoms with van der Waals surface area (Å²) < 4.78 is 19.7. The van der Waals surface area contributed by atoms with E-state index in [1.807, 2.05) is 55.6 Å². The highest BCUT2D eigenvalue weighted by atomic mass is 19.1. The van der Waals surface area contributed by atoms with Crippen molar-refractivity contribution in [3.05, 3.63) is 94.8 Å². The number of imide groups is 1. The third-order valence-electron chi connectivity index (χ3n) is 6.58. The lowest BCUT2D eigenvalue weighted by Gasteiger charge is -2.22. The zero-order valence-electron chi connectivity index (χ0n) is 20.3. The van der Waals surface area contributed by atoms with Crippen LogP contribution in [-0.4, -0.2) is 29.7 Å². The molecular weight excluding hydrogens is 473 g/mol. The number of furan rings is 1. The van der Waals surface area contributed by atoms with Gasteiger partial charge in [-0.25, -0.2) is 4.39 Å². The summed E-state index contributed by atoms with van der Waals surface area (Å²) in [5.74, 6) is -1.52. The van der Waals surface area contributed by atoms with Crippen molar-refractivity contribution in [1.82, 2.24) is 10.2 Å². The molecule has 3 aromatic carbocycles. The van der Waals surface area contributed by atoms with Crippen LogP contribution in [0.4, 0.5) is 4.39 Å². The second kappa shape index (κ2) is 9.99. The molecule has 1 aliphatic rings. The molecule has 1 aromatic heterocycles. The first-order valence-corrected chi connectivity index (χ1v) is 12.0. The first kappa shape index (κ1) is 24.4. The molecule has 0 bridgehead atoms. The summed E-state index contributed by atoms with van der Waals surface area (Å²) in [7, 11) is 2.02. The van der Waals surface area contributed by atoms with Crippen molar-refractivity contribution in [2.45, 2.75) is 31.8 Å². The lowest BCUT2D eigenvalue weighted by atomic mass is 9.89. The zero-order valence-corrected chi connectivity index (χ0v) is 20.3. The van der Waals surface area contributed by atoms with Gasteiger partial charge < -0.3 is 10.2 Å². The van der Waals surface area contributed by atoms with Gasteiger partial charge in [0.2, 0.25) is 11.8 Å². The Labute approximate surface area is 213 Å². The summed E-state index contributed by atoms with van der Waals surface area (Å²) >= 11 is 0. The molecule has 1 atom stereocenters. The number of amides is 3. The van der Waals surface area contributed by atoms with Crippen molar-refractivity contribution >= 4 is 28.7 Å². The van der Waals surface area contributed by atoms with E-state index >= 15 is 0 Å². The minimum absolute atomic E-state index is 0.0150. The van der Waals surface area contributed by atoms with E-state index in [1.165, 1.54) is 6.07 Å². The lowest BCUT2D eigenvalue weighted by molar-refractivity contribution is -0.134. The lowest BCUT2D eigenvalue weighted by Crippen LogP contribution is -2.39. The van der Waals surface area contributed by atoms with E-state index in [4.69, 9.17) is 10.2 Å². The molecule has 0 spiro atoms. The number of halogens is 1. The van der Waals surface area contributed by atoms with Crippen molar-refractivity contribution in [3.63, 3.8) is 0 Å². The predicted octanol–water partition coefficient (Wildman–Crippen LogP) is 4.49. The van der Waals surface area contributed by atoms with Gasteiger partial charge in [-0.05, 0) is 48.4 Å². The highest BCUT2D eigenvalue weighted by molar-refractivity contribution is 6.05. The second-order valence-electron chi connectivity index (χ2n) is 9.46. The normalized spacial score (nSPS) is 15.8. The van der Waals surface area contributed by atoms with E-state index in [1.54, 1.807) is 6.07 Å². The molecule has 1 fully saturated rings. The number of benzene rings is 3. The number of nitrogens with zero attached hydrogens (tertiary/aromatic N) is 1. The van der Waals surface area contributed by atoms with Crippen LogP contribution in [-0.2, 0) is 22.7 Å². The number of nitrogens with one attached hydrogen (secondary N) is 1. The molecule has 3 N–H and O–H groups in total. The fraction of sp³-hybridized carbons (Fsp3) is 0.207. The number of nitrogens with two attached hydrogens (primary N) is 1. The maximum atomic E-state index is 13.9. The second-order valence-corrected chi connectivity index (χ2v) is 9.46. The number of primary amides is 1. The van der Waals surface area contributed by atoms with Gasteiger partial charge in [0.1, 0.15) is 17.2 Å². The van der Waals surface area contributed by atoms with Crippen molar-refractivity contribution < 1.29 is 23.2 Å². The minimum atomic E-state index is -0.744. The van der Waals surface area contributed by atoms with Crippen molar-refractivity contribution in [1.29, 1.82) is 0 Å². The summed E-state index contributed by atoms with van der Waals surface area (Å²) in [5.41, 5.74) is 9.56. The summed E-state index contributed by atoms with van der Waals surface area (Å²) in [5, 5.41) is 2.90. The molecule has 0 saturated carbocycles. The number of carbonyl (C=O) groups is 3. The Hall–Kier alpha value is -4.30. The van der Waals surface area contributed by atoms with Crippen LogP contribution >= 0.6 is 0 Å². The highest BCUT2D eigenvalue weighted by Gasteiger charge is 2.28. The number of fused-ring (bicyclic) bond motifs is 1. The third-order valence-corrected chi connectivity index (χ3v) is 6.58. The highest BCUT2D eigenvalue weighted by Crippen LogP contribution is 2.31. The van der Waals surface area contributed by atoms with Crippen LogP contribution in [0.25, 0.3) is 22.3 Å². The molecule has 1 aliphatic heterocycles. The SMILES string of the molecule is CN(Cc1ccc(-c2cc3cc(F)cc(C(N)=O)c3o2)cc1)Cc1cccc(C2CCC(=O)NC2=O)c1. The van der Waals surface area contributed by atoms with Crippen molar-refractivity contribution in [3.8, 4) is 11.3 Å². The molecule has 2 heterocycles. The van der Waals surface area contributed by atoms with Gasteiger partial charge in [0, 0.05) is 30.5 Å². The Balaban J connectivity index is 1.26. The Bertz CT molecular complexity index is 1510. The van der Waals surface area contributed by atoms with Gasteiger partial charge in [0.05, 0.1) is 11.5 Å². The number of piperidine rings is 1. The summed E-state index contributed by atoms with van der Waals surface area (Å²) in [4.78, 5) is 37.5. The molecule has 4 aromatic rings. The first-order chi connectivity index (χ1) is 17.8. The van der Waals surface area contributed by atoms with Crippen LogP contribution in [0.3, 0.4) is 0 Å². The quantitative estimate of drug-likeness (QED) is 0.365. The fourth-order valence-corrected chi connectivity index (χ4v) is 4.82. The Morgan fingerprint density at radius 1 is 1.05 bits per heavy atom. The molecule has 8 heteroatoms. The smallest absolute Gasteiger partial charge is 0.252 e. The molecule has 0 aliphatic carbocycles. The molecule has 1 saturated heterocycles. The number of hydrogen-bond acceptors (Lipinski definition) is 5. The molecule has 188 valence electrons. The summed E-state index contributed by atoms with van der Waals surface area (Å²) in [6, 6.07) is 19.9. The van der Waals surface area contributed by atoms with Crippen LogP contribution in [0.5, 0.6) is 0 Å². The molecule has 5 rings (SSSR count). The number of hydrogen-bond donors (Lipinski definition) is 2. The van der Waals surface area contributed by atoms with Gasteiger partial charge in [-0.2, -0.15) is 0 Å². The first-order valence-electron chi connectivity index (χ1n) is 12.0. The molecular formula is C29H26FN3O4. The zero-order chi connectivity index (χ0) is 26.1. The van der Waals surface area contributed by atoms with E-state index in [2.05, 4.69) is 10.2 Å². The van der Waals surface area contributed by atoms with E-state index in [-0.39, 0.29) is 28.9 Å². The van der Waals surface area contributed by atoms with Crippen LogP contribution < -0.4 is 11.1 Å². The Kier molecular flexibility index (Phi) is 6.58. The molecule has 0 radical (unpaired) electrons. The summed E-state index contributed by atoms with van der Waals surface area (Å²) in [6.45, 7) is 1.38. The van der Waals surface area contributed by atoms with E-state index in [9.17, 15) is 18.8 Å². The fourth-order valence-electron chi connectivity index (χ4n) is 4.82. The maximum absolute atomic E-state index is 13.9. The third kappa shape index (κ3) is 5.29. The molecule has 37 heavy (non-hydrogen) atoms. The van der Waals surface area contributed by atoms with Crippen LogP contribution in [0.2, 0.25) is 0 Å². The largest absolute Gasteiger partial charge is 0.455 e. The van der Waals surface area contributed by atoms with Gasteiger partial charge >= 0.3 is 0 Å². The topological polar surface area (TPSA) is 106 Å². The van der Waals surface area contributed by atoms with Gasteiger partial charge in [-0.1, -0.05) is 48.5 Å². The van der Waals surface area contributed by atoms with Gasteiger partial charge in [-0.15, -0.1) is 0 Å². The van der Waals surface area contributed by atoms with Crippen LogP contribution in [0.15, 0.2) is 71.1 Å². The molecule has 1 unspecified atom stereocenters. The van der Waals surface area contributed by atoms with Crippen LogP contribution in [0, 0.1) is 5.82 Å². The standard InChI is InChI=1S/C29H26FN3O4/c1-33(16-18-3-2-4-20(11-18)23-9-10-26(34)32-29(23)36)15-17-5-7-19(8-6-17)25-13-21-12-22(30)14-24(28(31)35)27(21)37-25/h2-8,11-14,23H,9-10,15-16H2,1H3,(H2,31,35)(H,32,34,36). The minimum Gasteiger partial charge on any atom is -0.455 e. The van der Waals surface area contributed by atoms with Gasteiger partial charge in [0.25, 0.3) is 5.91 Å². The average Bonchev–Trinajstić information content (AvgIpc) is 3.28. The molecule has 3 amide bonds. The number of carbonyl (C=O) groups excluding carboxylic acids is 3. The van der Waals surface area contributed by atoms with Crippen LogP contribution in [0.1, 0.15) is 45.8 Å². The van der Waals surface area contributed by atoms with E-state index < -0.39 is 11.7 Å². The number of rotatable bonds is 7. The Morgan fingerprint density at radius 2 is 1.81 bits per heavy atom. The van der Waals surface area contributed by atoms with Gasteiger partial charge in [0.15, 0.2) is 0 Å².